The maximum Gasteiger partial charge on any atom is 0.314 e. The SMILES string of the molecule is O=C(O)C1(c2ccc3ccccc3c2)CCC1. The van der Waals surface area contributed by atoms with E-state index < -0.39 is 11.4 Å². The summed E-state index contributed by atoms with van der Waals surface area (Å²) in [5.74, 6) is -0.681. The molecule has 1 fully saturated rings. The summed E-state index contributed by atoms with van der Waals surface area (Å²) < 4.78 is 0. The summed E-state index contributed by atoms with van der Waals surface area (Å²) in [6.45, 7) is 0. The van der Waals surface area contributed by atoms with Crippen molar-refractivity contribution in [3.63, 3.8) is 0 Å². The van der Waals surface area contributed by atoms with Crippen LogP contribution in [0.1, 0.15) is 24.8 Å². The second kappa shape index (κ2) is 3.59. The number of carboxylic acids is 1. The van der Waals surface area contributed by atoms with Gasteiger partial charge in [0, 0.05) is 0 Å². The molecule has 0 spiro atoms. The van der Waals surface area contributed by atoms with Crippen LogP contribution < -0.4 is 0 Å². The van der Waals surface area contributed by atoms with Crippen molar-refractivity contribution in [2.75, 3.05) is 0 Å². The first-order valence-corrected chi connectivity index (χ1v) is 5.95. The summed E-state index contributed by atoms with van der Waals surface area (Å²) in [5.41, 5.74) is 0.333. The van der Waals surface area contributed by atoms with E-state index in [0.29, 0.717) is 0 Å². The third kappa shape index (κ3) is 1.44. The normalized spacial score (nSPS) is 17.6. The van der Waals surface area contributed by atoms with Gasteiger partial charge in [0.25, 0.3) is 0 Å². The van der Waals surface area contributed by atoms with E-state index in [1.807, 2.05) is 42.5 Å². The third-order valence-electron chi connectivity index (χ3n) is 3.92. The Morgan fingerprint density at radius 2 is 1.76 bits per heavy atom. The van der Waals surface area contributed by atoms with Gasteiger partial charge in [-0.25, -0.2) is 0 Å². The largest absolute Gasteiger partial charge is 0.481 e. The fraction of sp³-hybridized carbons (Fsp3) is 0.267. The van der Waals surface area contributed by atoms with E-state index in [9.17, 15) is 9.90 Å². The van der Waals surface area contributed by atoms with E-state index in [1.165, 1.54) is 0 Å². The molecule has 1 aliphatic carbocycles. The highest BCUT2D eigenvalue weighted by molar-refractivity contribution is 5.88. The Kier molecular flexibility index (Phi) is 2.18. The molecule has 0 unspecified atom stereocenters. The maximum atomic E-state index is 11.4. The van der Waals surface area contributed by atoms with E-state index >= 15 is 0 Å². The van der Waals surface area contributed by atoms with Crippen molar-refractivity contribution in [1.82, 2.24) is 0 Å². The molecular weight excluding hydrogens is 212 g/mol. The molecule has 0 heterocycles. The number of benzene rings is 2. The summed E-state index contributed by atoms with van der Waals surface area (Å²) in [6.07, 6.45) is 2.54. The van der Waals surface area contributed by atoms with Crippen LogP contribution in [0.3, 0.4) is 0 Å². The summed E-state index contributed by atoms with van der Waals surface area (Å²) in [4.78, 5) is 11.4. The lowest BCUT2D eigenvalue weighted by Gasteiger charge is -2.38. The Hall–Kier alpha value is -1.83. The van der Waals surface area contributed by atoms with Crippen molar-refractivity contribution in [3.05, 3.63) is 48.0 Å². The zero-order valence-electron chi connectivity index (χ0n) is 9.52. The van der Waals surface area contributed by atoms with Crippen molar-refractivity contribution in [1.29, 1.82) is 0 Å². The van der Waals surface area contributed by atoms with Crippen LogP contribution in [-0.4, -0.2) is 11.1 Å². The number of hydrogen-bond acceptors (Lipinski definition) is 1. The van der Waals surface area contributed by atoms with Gasteiger partial charge in [-0.2, -0.15) is 0 Å². The lowest BCUT2D eigenvalue weighted by atomic mass is 9.64. The maximum absolute atomic E-state index is 11.4. The van der Waals surface area contributed by atoms with Crippen molar-refractivity contribution < 1.29 is 9.90 Å². The minimum Gasteiger partial charge on any atom is -0.481 e. The van der Waals surface area contributed by atoms with Gasteiger partial charge in [-0.1, -0.05) is 48.9 Å². The van der Waals surface area contributed by atoms with Crippen molar-refractivity contribution in [2.24, 2.45) is 0 Å². The van der Waals surface area contributed by atoms with Gasteiger partial charge in [0.1, 0.15) is 0 Å². The highest BCUT2D eigenvalue weighted by Gasteiger charge is 2.45. The average molecular weight is 226 g/mol. The van der Waals surface area contributed by atoms with Gasteiger partial charge in [-0.15, -0.1) is 0 Å². The van der Waals surface area contributed by atoms with Gasteiger partial charge in [-0.05, 0) is 29.2 Å². The van der Waals surface area contributed by atoms with Crippen molar-refractivity contribution in [3.8, 4) is 0 Å². The Morgan fingerprint density at radius 3 is 2.35 bits per heavy atom. The highest BCUT2D eigenvalue weighted by atomic mass is 16.4. The number of rotatable bonds is 2. The molecule has 0 aliphatic heterocycles. The van der Waals surface area contributed by atoms with Crippen LogP contribution >= 0.6 is 0 Å². The van der Waals surface area contributed by atoms with Crippen molar-refractivity contribution in [2.45, 2.75) is 24.7 Å². The summed E-state index contributed by atoms with van der Waals surface area (Å²) in [6, 6.07) is 14.1. The fourth-order valence-corrected chi connectivity index (χ4v) is 2.64. The molecule has 2 aromatic rings. The molecule has 1 saturated carbocycles. The van der Waals surface area contributed by atoms with Gasteiger partial charge in [0.2, 0.25) is 0 Å². The second-order valence-corrected chi connectivity index (χ2v) is 4.80. The minimum atomic E-state index is -0.681. The van der Waals surface area contributed by atoms with E-state index in [4.69, 9.17) is 0 Å². The third-order valence-corrected chi connectivity index (χ3v) is 3.92. The molecule has 17 heavy (non-hydrogen) atoms. The van der Waals surface area contributed by atoms with E-state index in [0.717, 1.165) is 35.6 Å². The second-order valence-electron chi connectivity index (χ2n) is 4.80. The number of carbonyl (C=O) groups is 1. The molecule has 3 rings (SSSR count). The van der Waals surface area contributed by atoms with Crippen LogP contribution in [0.25, 0.3) is 10.8 Å². The smallest absolute Gasteiger partial charge is 0.314 e. The molecule has 86 valence electrons. The molecule has 0 bridgehead atoms. The lowest BCUT2D eigenvalue weighted by Crippen LogP contribution is -2.42. The molecule has 0 saturated heterocycles. The first-order valence-electron chi connectivity index (χ1n) is 5.95. The van der Waals surface area contributed by atoms with Gasteiger partial charge < -0.3 is 5.11 Å². The molecule has 0 atom stereocenters. The molecule has 2 nitrogen and oxygen atoms in total. The quantitative estimate of drug-likeness (QED) is 0.852. The zero-order chi connectivity index (χ0) is 11.9. The van der Waals surface area contributed by atoms with Crippen molar-refractivity contribution >= 4 is 16.7 Å². The zero-order valence-corrected chi connectivity index (χ0v) is 9.52. The molecule has 1 aliphatic rings. The molecule has 0 aromatic heterocycles. The number of hydrogen-bond donors (Lipinski definition) is 1. The van der Waals surface area contributed by atoms with Crippen LogP contribution in [0.4, 0.5) is 0 Å². The molecule has 2 heteroatoms. The van der Waals surface area contributed by atoms with Gasteiger partial charge in [0.05, 0.1) is 5.41 Å². The summed E-state index contributed by atoms with van der Waals surface area (Å²) in [7, 11) is 0. The molecule has 0 radical (unpaired) electrons. The Labute approximate surface area is 99.9 Å². The van der Waals surface area contributed by atoms with E-state index in [-0.39, 0.29) is 0 Å². The van der Waals surface area contributed by atoms with Crippen LogP contribution in [0.5, 0.6) is 0 Å². The molecule has 1 N–H and O–H groups in total. The fourth-order valence-electron chi connectivity index (χ4n) is 2.64. The Bertz CT molecular complexity index is 582. The summed E-state index contributed by atoms with van der Waals surface area (Å²) >= 11 is 0. The van der Waals surface area contributed by atoms with Crippen LogP contribution in [0, 0.1) is 0 Å². The van der Waals surface area contributed by atoms with E-state index in [2.05, 4.69) is 0 Å². The van der Waals surface area contributed by atoms with Crippen LogP contribution in [0.15, 0.2) is 42.5 Å². The van der Waals surface area contributed by atoms with E-state index in [1.54, 1.807) is 0 Å². The van der Waals surface area contributed by atoms with Crippen LogP contribution in [-0.2, 0) is 10.2 Å². The predicted octanol–water partition coefficient (Wildman–Crippen LogP) is 3.35. The standard InChI is InChI=1S/C15H14O2/c16-14(17)15(8-3-9-15)13-7-6-11-4-1-2-5-12(11)10-13/h1-2,4-7,10H,3,8-9H2,(H,16,17). The number of aliphatic carboxylic acids is 1. The first kappa shape index (κ1) is 10.3. The monoisotopic (exact) mass is 226 g/mol. The predicted molar refractivity (Wildman–Crippen MR) is 67.1 cm³/mol. The minimum absolute atomic E-state index is 0.621. The van der Waals surface area contributed by atoms with Gasteiger partial charge in [0.15, 0.2) is 0 Å². The number of carboxylic acid groups (broad SMARTS) is 1. The van der Waals surface area contributed by atoms with Gasteiger partial charge >= 0.3 is 5.97 Å². The first-order chi connectivity index (χ1) is 8.22. The average Bonchev–Trinajstić information content (AvgIpc) is 2.27. The topological polar surface area (TPSA) is 37.3 Å². The molecule has 2 aromatic carbocycles. The summed E-state index contributed by atoms with van der Waals surface area (Å²) in [5, 5.41) is 11.7. The lowest BCUT2D eigenvalue weighted by molar-refractivity contribution is -0.147. The molecule has 0 amide bonds. The van der Waals surface area contributed by atoms with Gasteiger partial charge in [-0.3, -0.25) is 4.79 Å². The number of fused-ring (bicyclic) bond motifs is 1. The highest BCUT2D eigenvalue weighted by Crippen LogP contribution is 2.44. The Morgan fingerprint density at radius 1 is 1.06 bits per heavy atom. The molecular formula is C15H14O2. The van der Waals surface area contributed by atoms with Crippen LogP contribution in [0.2, 0.25) is 0 Å². The Balaban J connectivity index is 2.14.